The zero-order chi connectivity index (χ0) is 14.0. The Morgan fingerprint density at radius 1 is 1.37 bits per heavy atom. The van der Waals surface area contributed by atoms with Crippen molar-refractivity contribution in [3.05, 3.63) is 24.0 Å². The van der Waals surface area contributed by atoms with E-state index in [1.54, 1.807) is 12.1 Å². The molecule has 0 radical (unpaired) electrons. The Hall–Kier alpha value is -0.980. The molecule has 5 nitrogen and oxygen atoms in total. The van der Waals surface area contributed by atoms with E-state index < -0.39 is 10.0 Å². The van der Waals surface area contributed by atoms with Gasteiger partial charge in [-0.05, 0) is 36.8 Å². The number of sulfonamides is 1. The maximum absolute atomic E-state index is 12.3. The summed E-state index contributed by atoms with van der Waals surface area (Å²) in [5.74, 6) is 0.927. The van der Waals surface area contributed by atoms with E-state index in [-0.39, 0.29) is 10.9 Å². The Kier molecular flexibility index (Phi) is 4.23. The maximum Gasteiger partial charge on any atom is 0.242 e. The lowest BCUT2D eigenvalue weighted by Crippen LogP contribution is -2.37. The van der Waals surface area contributed by atoms with Crippen LogP contribution in [0.4, 0.5) is 0 Å². The summed E-state index contributed by atoms with van der Waals surface area (Å²) in [5, 5.41) is 0. The lowest BCUT2D eigenvalue weighted by atomic mass is 9.98. The van der Waals surface area contributed by atoms with E-state index in [0.29, 0.717) is 24.1 Å². The van der Waals surface area contributed by atoms with Gasteiger partial charge in [-0.25, -0.2) is 13.1 Å². The average molecular weight is 283 g/mol. The second kappa shape index (κ2) is 5.56. The highest BCUT2D eigenvalue weighted by Crippen LogP contribution is 2.31. The quantitative estimate of drug-likeness (QED) is 0.871. The van der Waals surface area contributed by atoms with Crippen molar-refractivity contribution in [3.8, 4) is 0 Å². The summed E-state index contributed by atoms with van der Waals surface area (Å²) in [6.45, 7) is 4.57. The molecule has 1 aromatic rings. The van der Waals surface area contributed by atoms with Gasteiger partial charge in [0.1, 0.15) is 4.90 Å². The van der Waals surface area contributed by atoms with Crippen molar-refractivity contribution in [3.63, 3.8) is 0 Å². The summed E-state index contributed by atoms with van der Waals surface area (Å²) < 4.78 is 27.3. The zero-order valence-electron chi connectivity index (χ0n) is 11.3. The summed E-state index contributed by atoms with van der Waals surface area (Å²) in [7, 11) is -3.48. The highest BCUT2D eigenvalue weighted by Gasteiger charge is 2.33. The van der Waals surface area contributed by atoms with E-state index in [2.05, 4.69) is 23.6 Å². The van der Waals surface area contributed by atoms with Crippen LogP contribution >= 0.6 is 0 Å². The van der Waals surface area contributed by atoms with Gasteiger partial charge in [0.15, 0.2) is 0 Å². The average Bonchev–Trinajstić information content (AvgIpc) is 2.70. The van der Waals surface area contributed by atoms with Gasteiger partial charge in [0.2, 0.25) is 10.0 Å². The number of nitrogens with zero attached hydrogens (tertiary/aromatic N) is 1. The Morgan fingerprint density at radius 2 is 2.11 bits per heavy atom. The van der Waals surface area contributed by atoms with Crippen molar-refractivity contribution in [2.45, 2.75) is 44.2 Å². The molecule has 6 heteroatoms. The molecular weight excluding hydrogens is 262 g/mol. The van der Waals surface area contributed by atoms with E-state index in [1.807, 2.05) is 0 Å². The van der Waals surface area contributed by atoms with Gasteiger partial charge in [0, 0.05) is 18.8 Å². The maximum atomic E-state index is 12.3. The first-order valence-corrected chi connectivity index (χ1v) is 8.09. The molecule has 106 valence electrons. The van der Waals surface area contributed by atoms with E-state index in [9.17, 15) is 8.42 Å². The van der Waals surface area contributed by atoms with Crippen LogP contribution in [0.3, 0.4) is 0 Å². The van der Waals surface area contributed by atoms with Crippen LogP contribution in [0.1, 0.15) is 32.4 Å². The predicted molar refractivity (Wildman–Crippen MR) is 73.8 cm³/mol. The van der Waals surface area contributed by atoms with Crippen LogP contribution in [-0.4, -0.2) is 19.4 Å². The fraction of sp³-hybridized carbons (Fsp3) is 0.615. The molecule has 0 aliphatic heterocycles. The van der Waals surface area contributed by atoms with Gasteiger partial charge >= 0.3 is 0 Å². The molecule has 3 unspecified atom stereocenters. The number of rotatable bonds is 4. The van der Waals surface area contributed by atoms with Crippen LogP contribution in [0, 0.1) is 11.8 Å². The van der Waals surface area contributed by atoms with Crippen LogP contribution < -0.4 is 10.5 Å². The number of nitrogens with one attached hydrogen (secondary N) is 1. The molecule has 0 spiro atoms. The first-order valence-electron chi connectivity index (χ1n) is 6.61. The highest BCUT2D eigenvalue weighted by atomic mass is 32.2. The van der Waals surface area contributed by atoms with Crippen LogP contribution in [0.15, 0.2) is 23.2 Å². The topological polar surface area (TPSA) is 85.1 Å². The fourth-order valence-corrected chi connectivity index (χ4v) is 3.79. The molecule has 1 aliphatic rings. The lowest BCUT2D eigenvalue weighted by Gasteiger charge is -2.19. The van der Waals surface area contributed by atoms with E-state index in [0.717, 1.165) is 12.8 Å². The molecule has 19 heavy (non-hydrogen) atoms. The number of hydrogen-bond acceptors (Lipinski definition) is 4. The van der Waals surface area contributed by atoms with Crippen molar-refractivity contribution in [1.29, 1.82) is 0 Å². The standard InChI is InChI=1S/C13H21N3O2S/c1-9-3-6-13(10(9)2)16-19(17,18)12-5-4-11(7-14)15-8-12/h4-5,8-10,13,16H,3,6-7,14H2,1-2H3. The molecule has 3 N–H and O–H groups in total. The van der Waals surface area contributed by atoms with Crippen LogP contribution in [0.5, 0.6) is 0 Å². The molecule has 2 rings (SSSR count). The van der Waals surface area contributed by atoms with Crippen molar-refractivity contribution < 1.29 is 8.42 Å². The Bertz CT molecular complexity index is 527. The van der Waals surface area contributed by atoms with Gasteiger partial charge < -0.3 is 5.73 Å². The minimum Gasteiger partial charge on any atom is -0.325 e. The highest BCUT2D eigenvalue weighted by molar-refractivity contribution is 7.89. The van der Waals surface area contributed by atoms with Gasteiger partial charge in [-0.15, -0.1) is 0 Å². The van der Waals surface area contributed by atoms with E-state index >= 15 is 0 Å². The monoisotopic (exact) mass is 283 g/mol. The van der Waals surface area contributed by atoms with E-state index in [1.165, 1.54) is 6.20 Å². The van der Waals surface area contributed by atoms with Gasteiger partial charge in [0.25, 0.3) is 0 Å². The Labute approximate surface area is 114 Å². The van der Waals surface area contributed by atoms with E-state index in [4.69, 9.17) is 5.73 Å². The Balaban J connectivity index is 2.13. The molecule has 1 aromatic heterocycles. The normalized spacial score (nSPS) is 27.6. The second-order valence-corrected chi connectivity index (χ2v) is 7.04. The molecule has 0 saturated heterocycles. The molecule has 1 aliphatic carbocycles. The van der Waals surface area contributed by atoms with Crippen molar-refractivity contribution in [2.75, 3.05) is 0 Å². The minimum absolute atomic E-state index is 0.0224. The third-order valence-corrected chi connectivity index (χ3v) is 5.56. The lowest BCUT2D eigenvalue weighted by molar-refractivity contribution is 0.402. The molecule has 0 bridgehead atoms. The largest absolute Gasteiger partial charge is 0.325 e. The summed E-state index contributed by atoms with van der Waals surface area (Å²) in [6.07, 6.45) is 3.34. The molecule has 3 atom stereocenters. The van der Waals surface area contributed by atoms with Gasteiger partial charge in [-0.2, -0.15) is 0 Å². The SMILES string of the molecule is CC1CCC(NS(=O)(=O)c2ccc(CN)nc2)C1C. The third kappa shape index (κ3) is 3.13. The number of nitrogens with two attached hydrogens (primary N) is 1. The summed E-state index contributed by atoms with van der Waals surface area (Å²) in [5.41, 5.74) is 6.13. The molecule has 1 heterocycles. The van der Waals surface area contributed by atoms with Gasteiger partial charge in [-0.3, -0.25) is 4.98 Å². The molecule has 0 amide bonds. The third-order valence-electron chi connectivity index (χ3n) is 4.09. The molecule has 1 saturated carbocycles. The molecule has 1 fully saturated rings. The van der Waals surface area contributed by atoms with Crippen molar-refractivity contribution in [2.24, 2.45) is 17.6 Å². The zero-order valence-corrected chi connectivity index (χ0v) is 12.2. The fourth-order valence-electron chi connectivity index (χ4n) is 2.49. The summed E-state index contributed by atoms with van der Waals surface area (Å²) in [4.78, 5) is 4.23. The predicted octanol–water partition coefficient (Wildman–Crippen LogP) is 1.25. The molecule has 0 aromatic carbocycles. The smallest absolute Gasteiger partial charge is 0.242 e. The minimum atomic E-state index is -3.48. The summed E-state index contributed by atoms with van der Waals surface area (Å²) in [6, 6.07) is 3.23. The Morgan fingerprint density at radius 3 is 2.58 bits per heavy atom. The van der Waals surface area contributed by atoms with Crippen LogP contribution in [0.2, 0.25) is 0 Å². The number of hydrogen-bond donors (Lipinski definition) is 2. The van der Waals surface area contributed by atoms with Crippen LogP contribution in [-0.2, 0) is 16.6 Å². The number of pyridine rings is 1. The van der Waals surface area contributed by atoms with Gasteiger partial charge in [0.05, 0.1) is 5.69 Å². The van der Waals surface area contributed by atoms with Crippen molar-refractivity contribution >= 4 is 10.0 Å². The number of aromatic nitrogens is 1. The van der Waals surface area contributed by atoms with Crippen molar-refractivity contribution in [1.82, 2.24) is 9.71 Å². The summed E-state index contributed by atoms with van der Waals surface area (Å²) >= 11 is 0. The van der Waals surface area contributed by atoms with Crippen LogP contribution in [0.25, 0.3) is 0 Å². The first-order chi connectivity index (χ1) is 8.94. The second-order valence-electron chi connectivity index (χ2n) is 5.33. The molecular formula is C13H21N3O2S. The first kappa shape index (κ1) is 14.4. The van der Waals surface area contributed by atoms with Gasteiger partial charge in [-0.1, -0.05) is 13.8 Å².